The predicted octanol–water partition coefficient (Wildman–Crippen LogP) is 2.89. The summed E-state index contributed by atoms with van der Waals surface area (Å²) in [7, 11) is 0. The zero-order valence-electron chi connectivity index (χ0n) is 13.0. The van der Waals surface area contributed by atoms with Crippen LogP contribution in [0.4, 0.5) is 17.1 Å². The molecular weight excluding hydrogens is 310 g/mol. The van der Waals surface area contributed by atoms with Crippen LogP contribution < -0.4 is 10.2 Å². The number of benzene rings is 2. The Hall–Kier alpha value is -3.22. The smallest absolute Gasteiger partial charge is 0.269 e. The van der Waals surface area contributed by atoms with Crippen molar-refractivity contribution in [2.75, 3.05) is 16.8 Å². The molecular formula is C17H15N3O4. The number of hydrogen-bond acceptors (Lipinski definition) is 4. The Morgan fingerprint density at radius 3 is 2.58 bits per heavy atom. The number of nitro benzene ring substituents is 1. The number of aryl methyl sites for hydroxylation is 1. The highest BCUT2D eigenvalue weighted by Crippen LogP contribution is 2.31. The Kier molecular flexibility index (Phi) is 3.99. The summed E-state index contributed by atoms with van der Waals surface area (Å²) in [5.41, 5.74) is 2.44. The van der Waals surface area contributed by atoms with Gasteiger partial charge in [0, 0.05) is 30.7 Å². The molecule has 2 aromatic rings. The summed E-state index contributed by atoms with van der Waals surface area (Å²) in [6.07, 6.45) is 0.187. The highest BCUT2D eigenvalue weighted by Gasteiger charge is 2.25. The third-order valence-electron chi connectivity index (χ3n) is 3.85. The van der Waals surface area contributed by atoms with E-state index in [2.05, 4.69) is 5.32 Å². The Bertz CT molecular complexity index is 830. The second kappa shape index (κ2) is 6.11. The SMILES string of the molecule is Cc1ccc2c(c1)N(C(=O)c1ccc([N+](=O)[O-])cc1)CCC(=O)N2. The fourth-order valence-corrected chi connectivity index (χ4v) is 2.61. The van der Waals surface area contributed by atoms with Crippen molar-refractivity contribution < 1.29 is 14.5 Å². The van der Waals surface area contributed by atoms with Crippen LogP contribution in [0, 0.1) is 17.0 Å². The van der Waals surface area contributed by atoms with Gasteiger partial charge >= 0.3 is 0 Å². The molecule has 1 heterocycles. The van der Waals surface area contributed by atoms with Crippen molar-refractivity contribution in [2.24, 2.45) is 0 Å². The number of non-ortho nitro benzene ring substituents is 1. The summed E-state index contributed by atoms with van der Waals surface area (Å²) in [6.45, 7) is 2.15. The Labute approximate surface area is 138 Å². The van der Waals surface area contributed by atoms with Gasteiger partial charge in [-0.05, 0) is 36.8 Å². The second-order valence-corrected chi connectivity index (χ2v) is 5.58. The Balaban J connectivity index is 1.98. The normalized spacial score (nSPS) is 13.7. The first-order valence-corrected chi connectivity index (χ1v) is 7.42. The highest BCUT2D eigenvalue weighted by molar-refractivity contribution is 6.10. The first-order chi connectivity index (χ1) is 11.5. The van der Waals surface area contributed by atoms with E-state index in [0.717, 1.165) is 5.56 Å². The van der Waals surface area contributed by atoms with Gasteiger partial charge < -0.3 is 10.2 Å². The number of carbonyl (C=O) groups is 2. The molecule has 7 heteroatoms. The lowest BCUT2D eigenvalue weighted by atomic mass is 10.1. The van der Waals surface area contributed by atoms with Crippen LogP contribution in [0.3, 0.4) is 0 Å². The molecule has 0 saturated carbocycles. The van der Waals surface area contributed by atoms with Crippen LogP contribution in [0.15, 0.2) is 42.5 Å². The average Bonchev–Trinajstić information content (AvgIpc) is 2.72. The highest BCUT2D eigenvalue weighted by atomic mass is 16.6. The molecule has 0 atom stereocenters. The number of fused-ring (bicyclic) bond motifs is 1. The summed E-state index contributed by atoms with van der Waals surface area (Å²) in [4.78, 5) is 36.4. The number of nitro groups is 1. The maximum Gasteiger partial charge on any atom is 0.269 e. The van der Waals surface area contributed by atoms with Crippen molar-refractivity contribution in [3.8, 4) is 0 Å². The predicted molar refractivity (Wildman–Crippen MR) is 89.2 cm³/mol. The molecule has 24 heavy (non-hydrogen) atoms. The molecule has 0 fully saturated rings. The number of nitrogens with one attached hydrogen (secondary N) is 1. The lowest BCUT2D eigenvalue weighted by Crippen LogP contribution is -2.31. The molecule has 0 unspecified atom stereocenters. The van der Waals surface area contributed by atoms with Gasteiger partial charge in [0.25, 0.3) is 11.6 Å². The van der Waals surface area contributed by atoms with E-state index in [9.17, 15) is 19.7 Å². The fourth-order valence-electron chi connectivity index (χ4n) is 2.61. The van der Waals surface area contributed by atoms with Crippen molar-refractivity contribution in [3.05, 3.63) is 63.7 Å². The molecule has 1 aliphatic heterocycles. The molecule has 0 radical (unpaired) electrons. The molecule has 122 valence electrons. The van der Waals surface area contributed by atoms with Gasteiger partial charge in [0.15, 0.2) is 0 Å². The van der Waals surface area contributed by atoms with Crippen molar-refractivity contribution in [1.29, 1.82) is 0 Å². The van der Waals surface area contributed by atoms with Gasteiger partial charge in [0.1, 0.15) is 0 Å². The average molecular weight is 325 g/mol. The minimum Gasteiger partial charge on any atom is -0.324 e. The van der Waals surface area contributed by atoms with E-state index in [1.54, 1.807) is 6.07 Å². The van der Waals surface area contributed by atoms with Gasteiger partial charge in [-0.3, -0.25) is 19.7 Å². The monoisotopic (exact) mass is 325 g/mol. The summed E-state index contributed by atoms with van der Waals surface area (Å²) in [5, 5.41) is 13.5. The number of anilines is 2. The fraction of sp³-hybridized carbons (Fsp3) is 0.176. The molecule has 7 nitrogen and oxygen atoms in total. The van der Waals surface area contributed by atoms with Crippen LogP contribution in [0.25, 0.3) is 0 Å². The summed E-state index contributed by atoms with van der Waals surface area (Å²) >= 11 is 0. The summed E-state index contributed by atoms with van der Waals surface area (Å²) in [5.74, 6) is -0.452. The van der Waals surface area contributed by atoms with Crippen LogP contribution >= 0.6 is 0 Å². The van der Waals surface area contributed by atoms with Crippen LogP contribution in [0.5, 0.6) is 0 Å². The van der Waals surface area contributed by atoms with Crippen LogP contribution in [0.1, 0.15) is 22.3 Å². The zero-order chi connectivity index (χ0) is 17.3. The van der Waals surface area contributed by atoms with Gasteiger partial charge in [0.05, 0.1) is 16.3 Å². The van der Waals surface area contributed by atoms with Gasteiger partial charge in [0.2, 0.25) is 5.91 Å². The Morgan fingerprint density at radius 2 is 1.92 bits per heavy atom. The quantitative estimate of drug-likeness (QED) is 0.678. The summed E-state index contributed by atoms with van der Waals surface area (Å²) < 4.78 is 0. The van der Waals surface area contributed by atoms with Gasteiger partial charge in [-0.15, -0.1) is 0 Å². The maximum atomic E-state index is 12.8. The first kappa shape index (κ1) is 15.7. The van der Waals surface area contributed by atoms with E-state index in [1.165, 1.54) is 29.2 Å². The van der Waals surface area contributed by atoms with E-state index in [-0.39, 0.29) is 30.5 Å². The van der Waals surface area contributed by atoms with E-state index in [1.807, 2.05) is 19.1 Å². The largest absolute Gasteiger partial charge is 0.324 e. The molecule has 2 aromatic carbocycles. The number of carbonyl (C=O) groups excluding carboxylic acids is 2. The molecule has 2 amide bonds. The molecule has 1 N–H and O–H groups in total. The van der Waals surface area contributed by atoms with Crippen molar-refractivity contribution >= 4 is 28.9 Å². The van der Waals surface area contributed by atoms with Gasteiger partial charge in [-0.2, -0.15) is 0 Å². The molecule has 0 aromatic heterocycles. The lowest BCUT2D eigenvalue weighted by molar-refractivity contribution is -0.384. The number of nitrogens with zero attached hydrogens (tertiary/aromatic N) is 2. The third kappa shape index (κ3) is 2.96. The second-order valence-electron chi connectivity index (χ2n) is 5.58. The van der Waals surface area contributed by atoms with Crippen LogP contribution in [0.2, 0.25) is 0 Å². The molecule has 1 aliphatic rings. The van der Waals surface area contributed by atoms with Gasteiger partial charge in [-0.25, -0.2) is 0 Å². The van der Waals surface area contributed by atoms with Gasteiger partial charge in [-0.1, -0.05) is 6.07 Å². The molecule has 0 aliphatic carbocycles. The molecule has 0 bridgehead atoms. The Morgan fingerprint density at radius 1 is 1.21 bits per heavy atom. The van der Waals surface area contributed by atoms with Crippen LogP contribution in [-0.4, -0.2) is 23.3 Å². The van der Waals surface area contributed by atoms with E-state index in [0.29, 0.717) is 16.9 Å². The van der Waals surface area contributed by atoms with Crippen molar-refractivity contribution in [3.63, 3.8) is 0 Å². The molecule has 0 spiro atoms. The maximum absolute atomic E-state index is 12.8. The standard InChI is InChI=1S/C17H15N3O4/c1-11-2-7-14-15(10-11)19(9-8-16(21)18-14)17(22)12-3-5-13(6-4-12)20(23)24/h2-7,10H,8-9H2,1H3,(H,18,21). The van der Waals surface area contributed by atoms with E-state index in [4.69, 9.17) is 0 Å². The van der Waals surface area contributed by atoms with Crippen molar-refractivity contribution in [1.82, 2.24) is 0 Å². The lowest BCUT2D eigenvalue weighted by Gasteiger charge is -2.22. The number of amides is 2. The van der Waals surface area contributed by atoms with E-state index < -0.39 is 4.92 Å². The minimum atomic E-state index is -0.512. The van der Waals surface area contributed by atoms with E-state index >= 15 is 0 Å². The summed E-state index contributed by atoms with van der Waals surface area (Å²) in [6, 6.07) is 10.9. The third-order valence-corrected chi connectivity index (χ3v) is 3.85. The number of rotatable bonds is 2. The molecule has 3 rings (SSSR count). The van der Waals surface area contributed by atoms with Crippen LogP contribution in [-0.2, 0) is 4.79 Å². The topological polar surface area (TPSA) is 92.6 Å². The van der Waals surface area contributed by atoms with Crippen molar-refractivity contribution in [2.45, 2.75) is 13.3 Å². The number of hydrogen-bond donors (Lipinski definition) is 1. The minimum absolute atomic E-state index is 0.0736. The molecule has 0 saturated heterocycles. The first-order valence-electron chi connectivity index (χ1n) is 7.42. The zero-order valence-corrected chi connectivity index (χ0v) is 13.0.